The molecule has 0 aliphatic rings. The summed E-state index contributed by atoms with van der Waals surface area (Å²) < 4.78 is 0. The van der Waals surface area contributed by atoms with Crippen molar-refractivity contribution < 1.29 is 0 Å². The summed E-state index contributed by atoms with van der Waals surface area (Å²) in [6.07, 6.45) is 0. The predicted octanol–water partition coefficient (Wildman–Crippen LogP) is 3.43. The smallest absolute Gasteiger partial charge is 0.0555 e. The minimum absolute atomic E-state index is 0.411. The first-order valence-electron chi connectivity index (χ1n) is 6.28. The van der Waals surface area contributed by atoms with Crippen molar-refractivity contribution in [3.63, 3.8) is 0 Å². The molecule has 19 heavy (non-hydrogen) atoms. The molecule has 0 atom stereocenters. The van der Waals surface area contributed by atoms with E-state index in [0.717, 1.165) is 17.1 Å². The topological polar surface area (TPSA) is 26.0 Å². The molecule has 0 unspecified atom stereocenters. The number of benzene rings is 2. The molecule has 0 fully saturated rings. The van der Waals surface area contributed by atoms with Crippen LogP contribution in [0.15, 0.2) is 54.6 Å². The second-order valence-electron chi connectivity index (χ2n) is 4.18. The van der Waals surface area contributed by atoms with Gasteiger partial charge in [0.25, 0.3) is 0 Å². The monoisotopic (exact) mass is 267 g/mol. The zero-order valence-corrected chi connectivity index (χ0v) is 11.6. The van der Waals surface area contributed by atoms with Crippen LogP contribution in [0.5, 0.6) is 0 Å². The predicted molar refractivity (Wildman–Crippen MR) is 83.8 cm³/mol. The molecule has 0 amide bonds. The molecule has 0 radical (unpaired) electrons. The van der Waals surface area contributed by atoms with Crippen LogP contribution >= 0.6 is 11.8 Å². The van der Waals surface area contributed by atoms with Crippen molar-refractivity contribution in [3.05, 3.63) is 71.3 Å². The first-order valence-corrected chi connectivity index (χ1v) is 7.43. The minimum atomic E-state index is 0.411. The standard InChI is InChI=1S/C17H17NS/c18-12-4-7-15-8-10-17(11-9-15)14-19-13-16-5-2-1-3-6-16/h1-3,5-6,8-11H,12-14,18H2. The molecule has 0 aromatic heterocycles. The van der Waals surface area contributed by atoms with Crippen molar-refractivity contribution in [1.29, 1.82) is 0 Å². The Bertz CT molecular complexity index is 549. The van der Waals surface area contributed by atoms with Crippen molar-refractivity contribution in [2.45, 2.75) is 11.5 Å². The Morgan fingerprint density at radius 1 is 0.842 bits per heavy atom. The summed E-state index contributed by atoms with van der Waals surface area (Å²) in [6.45, 7) is 0.411. The van der Waals surface area contributed by atoms with Gasteiger partial charge in [0, 0.05) is 17.1 Å². The molecule has 2 aromatic rings. The highest BCUT2D eigenvalue weighted by Crippen LogP contribution is 2.17. The zero-order valence-electron chi connectivity index (χ0n) is 10.8. The molecule has 2 N–H and O–H groups in total. The highest BCUT2D eigenvalue weighted by atomic mass is 32.2. The number of nitrogens with two attached hydrogens (primary N) is 1. The van der Waals surface area contributed by atoms with Gasteiger partial charge < -0.3 is 5.73 Å². The van der Waals surface area contributed by atoms with Gasteiger partial charge in [-0.3, -0.25) is 0 Å². The van der Waals surface area contributed by atoms with Crippen LogP contribution in [0, 0.1) is 11.8 Å². The normalized spacial score (nSPS) is 9.74. The van der Waals surface area contributed by atoms with Crippen LogP contribution in [0.4, 0.5) is 0 Å². The number of thioether (sulfide) groups is 1. The highest BCUT2D eigenvalue weighted by Gasteiger charge is 1.95. The average molecular weight is 267 g/mol. The van der Waals surface area contributed by atoms with Crippen molar-refractivity contribution in [1.82, 2.24) is 0 Å². The molecule has 0 aliphatic heterocycles. The molecule has 2 aromatic carbocycles. The minimum Gasteiger partial charge on any atom is -0.320 e. The largest absolute Gasteiger partial charge is 0.320 e. The number of hydrogen-bond acceptors (Lipinski definition) is 2. The van der Waals surface area contributed by atoms with Gasteiger partial charge in [-0.25, -0.2) is 0 Å². The molecule has 1 nitrogen and oxygen atoms in total. The summed E-state index contributed by atoms with van der Waals surface area (Å²) in [5, 5.41) is 0. The summed E-state index contributed by atoms with van der Waals surface area (Å²) in [7, 11) is 0. The maximum atomic E-state index is 5.35. The van der Waals surface area contributed by atoms with E-state index in [-0.39, 0.29) is 0 Å². The fourth-order valence-electron chi connectivity index (χ4n) is 1.70. The van der Waals surface area contributed by atoms with Gasteiger partial charge in [0.05, 0.1) is 6.54 Å². The quantitative estimate of drug-likeness (QED) is 0.859. The summed E-state index contributed by atoms with van der Waals surface area (Å²) in [6, 6.07) is 18.9. The number of hydrogen-bond donors (Lipinski definition) is 1. The second kappa shape index (κ2) is 7.68. The van der Waals surface area contributed by atoms with E-state index in [4.69, 9.17) is 5.73 Å². The van der Waals surface area contributed by atoms with E-state index in [2.05, 4.69) is 66.4 Å². The third-order valence-electron chi connectivity index (χ3n) is 2.67. The van der Waals surface area contributed by atoms with Gasteiger partial charge in [0.15, 0.2) is 0 Å². The van der Waals surface area contributed by atoms with Gasteiger partial charge in [0.2, 0.25) is 0 Å². The molecule has 2 heteroatoms. The Morgan fingerprint density at radius 2 is 1.47 bits per heavy atom. The van der Waals surface area contributed by atoms with Crippen LogP contribution < -0.4 is 5.73 Å². The van der Waals surface area contributed by atoms with Gasteiger partial charge in [-0.1, -0.05) is 54.3 Å². The van der Waals surface area contributed by atoms with Crippen LogP contribution in [-0.4, -0.2) is 6.54 Å². The van der Waals surface area contributed by atoms with E-state index in [9.17, 15) is 0 Å². The van der Waals surface area contributed by atoms with Crippen molar-refractivity contribution in [3.8, 4) is 11.8 Å². The summed E-state index contributed by atoms with van der Waals surface area (Å²) >= 11 is 1.93. The van der Waals surface area contributed by atoms with Crippen LogP contribution in [0.2, 0.25) is 0 Å². The Morgan fingerprint density at radius 3 is 2.11 bits per heavy atom. The Labute approximate surface area is 119 Å². The summed E-state index contributed by atoms with van der Waals surface area (Å²) in [5.74, 6) is 7.97. The van der Waals surface area contributed by atoms with E-state index < -0.39 is 0 Å². The second-order valence-corrected chi connectivity index (χ2v) is 5.17. The van der Waals surface area contributed by atoms with E-state index in [1.807, 2.05) is 11.8 Å². The first kappa shape index (κ1) is 13.7. The Hall–Kier alpha value is -1.69. The molecule has 0 saturated carbocycles. The van der Waals surface area contributed by atoms with Crippen molar-refractivity contribution in [2.24, 2.45) is 5.73 Å². The fourth-order valence-corrected chi connectivity index (χ4v) is 2.66. The Kier molecular flexibility index (Phi) is 5.55. The van der Waals surface area contributed by atoms with Gasteiger partial charge in [-0.05, 0) is 23.3 Å². The molecule has 96 valence electrons. The lowest BCUT2D eigenvalue weighted by atomic mass is 10.1. The van der Waals surface area contributed by atoms with Gasteiger partial charge in [-0.15, -0.1) is 0 Å². The fraction of sp³-hybridized carbons (Fsp3) is 0.176. The lowest BCUT2D eigenvalue weighted by molar-refractivity contribution is 1.30. The van der Waals surface area contributed by atoms with Gasteiger partial charge in [-0.2, -0.15) is 11.8 Å². The van der Waals surface area contributed by atoms with Crippen LogP contribution in [0.1, 0.15) is 16.7 Å². The molecule has 0 saturated heterocycles. The molecule has 0 bridgehead atoms. The first-order chi connectivity index (χ1) is 9.38. The molecular formula is C17H17NS. The van der Waals surface area contributed by atoms with E-state index in [1.54, 1.807) is 0 Å². The molecule has 0 spiro atoms. The lowest BCUT2D eigenvalue weighted by Crippen LogP contribution is -1.93. The Balaban J connectivity index is 1.83. The molecular weight excluding hydrogens is 250 g/mol. The SMILES string of the molecule is NCC#Cc1ccc(CSCc2ccccc2)cc1. The van der Waals surface area contributed by atoms with Gasteiger partial charge in [0.1, 0.15) is 0 Å². The van der Waals surface area contributed by atoms with Crippen molar-refractivity contribution >= 4 is 11.8 Å². The van der Waals surface area contributed by atoms with Crippen LogP contribution in [-0.2, 0) is 11.5 Å². The molecule has 2 rings (SSSR count). The number of rotatable bonds is 4. The molecule has 0 heterocycles. The van der Waals surface area contributed by atoms with Gasteiger partial charge >= 0.3 is 0 Å². The van der Waals surface area contributed by atoms with Crippen molar-refractivity contribution in [2.75, 3.05) is 6.54 Å². The lowest BCUT2D eigenvalue weighted by Gasteiger charge is -2.02. The average Bonchev–Trinajstić information content (AvgIpc) is 2.47. The maximum absolute atomic E-state index is 5.35. The third kappa shape index (κ3) is 4.82. The van der Waals surface area contributed by atoms with E-state index in [1.165, 1.54) is 11.1 Å². The molecule has 0 aliphatic carbocycles. The van der Waals surface area contributed by atoms with E-state index >= 15 is 0 Å². The third-order valence-corrected chi connectivity index (χ3v) is 3.74. The van der Waals surface area contributed by atoms with Crippen LogP contribution in [0.25, 0.3) is 0 Å². The zero-order chi connectivity index (χ0) is 13.3. The maximum Gasteiger partial charge on any atom is 0.0555 e. The van der Waals surface area contributed by atoms with Crippen LogP contribution in [0.3, 0.4) is 0 Å². The highest BCUT2D eigenvalue weighted by molar-refractivity contribution is 7.97. The van der Waals surface area contributed by atoms with E-state index in [0.29, 0.717) is 6.54 Å². The summed E-state index contributed by atoms with van der Waals surface area (Å²) in [4.78, 5) is 0. The summed E-state index contributed by atoms with van der Waals surface area (Å²) in [5.41, 5.74) is 9.09.